The van der Waals surface area contributed by atoms with Crippen LogP contribution in [0.2, 0.25) is 0 Å². The van der Waals surface area contributed by atoms with Crippen molar-refractivity contribution in [1.82, 2.24) is 9.62 Å². The summed E-state index contributed by atoms with van der Waals surface area (Å²) < 4.78 is 27.5. The zero-order valence-electron chi connectivity index (χ0n) is 16.0. The molecule has 26 heavy (non-hydrogen) atoms. The van der Waals surface area contributed by atoms with Gasteiger partial charge in [0.15, 0.2) is 0 Å². The van der Waals surface area contributed by atoms with Crippen molar-refractivity contribution in [2.24, 2.45) is 0 Å². The minimum Gasteiger partial charge on any atom is -0.378 e. The molecule has 0 saturated heterocycles. The molecule has 142 valence electrons. The van der Waals surface area contributed by atoms with Gasteiger partial charge < -0.3 is 9.80 Å². The summed E-state index contributed by atoms with van der Waals surface area (Å²) in [5, 5.41) is 0. The highest BCUT2D eigenvalue weighted by molar-refractivity contribution is 7.89. The van der Waals surface area contributed by atoms with Crippen LogP contribution in [-0.2, 0) is 16.4 Å². The molecule has 0 aliphatic heterocycles. The molecule has 2 rings (SSSR count). The van der Waals surface area contributed by atoms with Crippen molar-refractivity contribution in [3.05, 3.63) is 65.7 Å². The Labute approximate surface area is 157 Å². The largest absolute Gasteiger partial charge is 0.378 e. The van der Waals surface area contributed by atoms with E-state index in [1.807, 2.05) is 68.3 Å². The van der Waals surface area contributed by atoms with Gasteiger partial charge in [0.1, 0.15) is 0 Å². The van der Waals surface area contributed by atoms with Gasteiger partial charge in [-0.3, -0.25) is 0 Å². The van der Waals surface area contributed by atoms with Crippen LogP contribution < -0.4 is 9.62 Å². The zero-order chi connectivity index (χ0) is 19.2. The zero-order valence-corrected chi connectivity index (χ0v) is 16.8. The van der Waals surface area contributed by atoms with E-state index in [0.717, 1.165) is 16.8 Å². The maximum absolute atomic E-state index is 12.4. The van der Waals surface area contributed by atoms with E-state index < -0.39 is 10.0 Å². The Hall–Kier alpha value is -1.89. The van der Waals surface area contributed by atoms with Gasteiger partial charge >= 0.3 is 0 Å². The number of anilines is 1. The van der Waals surface area contributed by atoms with E-state index in [9.17, 15) is 8.42 Å². The summed E-state index contributed by atoms with van der Waals surface area (Å²) in [4.78, 5) is 4.07. The van der Waals surface area contributed by atoms with Crippen LogP contribution in [0.1, 0.15) is 17.2 Å². The summed E-state index contributed by atoms with van der Waals surface area (Å²) in [6.07, 6.45) is 0.514. The molecule has 0 heterocycles. The smallest absolute Gasteiger partial charge is 0.211 e. The van der Waals surface area contributed by atoms with E-state index in [4.69, 9.17) is 0 Å². The molecule has 1 atom stereocenters. The van der Waals surface area contributed by atoms with E-state index in [1.54, 1.807) is 0 Å². The number of rotatable bonds is 9. The highest BCUT2D eigenvalue weighted by atomic mass is 32.2. The van der Waals surface area contributed by atoms with Gasteiger partial charge in [0.25, 0.3) is 0 Å². The molecule has 2 aromatic carbocycles. The molecule has 0 aliphatic carbocycles. The molecule has 0 amide bonds. The molecule has 6 heteroatoms. The summed E-state index contributed by atoms with van der Waals surface area (Å²) in [5.41, 5.74) is 3.24. The highest BCUT2D eigenvalue weighted by Gasteiger charge is 2.18. The Morgan fingerprint density at radius 3 is 2.08 bits per heavy atom. The average molecular weight is 376 g/mol. The van der Waals surface area contributed by atoms with Crippen molar-refractivity contribution in [2.45, 2.75) is 12.5 Å². The first kappa shape index (κ1) is 20.4. The van der Waals surface area contributed by atoms with Crippen LogP contribution >= 0.6 is 0 Å². The third-order valence-electron chi connectivity index (χ3n) is 4.42. The quantitative estimate of drug-likeness (QED) is 0.732. The number of nitrogens with one attached hydrogen (secondary N) is 1. The normalized spacial score (nSPS) is 13.0. The minimum absolute atomic E-state index is 0.0160. The molecule has 0 fully saturated rings. The highest BCUT2D eigenvalue weighted by Crippen LogP contribution is 2.21. The minimum atomic E-state index is -3.32. The van der Waals surface area contributed by atoms with Crippen LogP contribution in [0.4, 0.5) is 5.69 Å². The number of nitrogens with zero attached hydrogens (tertiary/aromatic N) is 2. The third kappa shape index (κ3) is 6.12. The van der Waals surface area contributed by atoms with Gasteiger partial charge in [0, 0.05) is 32.4 Å². The molecule has 5 nitrogen and oxygen atoms in total. The van der Waals surface area contributed by atoms with Crippen molar-refractivity contribution < 1.29 is 8.42 Å². The predicted octanol–water partition coefficient (Wildman–Crippen LogP) is 2.52. The fraction of sp³-hybridized carbons (Fsp3) is 0.400. The van der Waals surface area contributed by atoms with E-state index in [2.05, 4.69) is 29.0 Å². The van der Waals surface area contributed by atoms with Crippen LogP contribution in [0.25, 0.3) is 0 Å². The SMILES string of the molecule is CN(C)c1ccc([C@@H](CNS(=O)(=O)CCc2ccccc2)N(C)C)cc1. The Morgan fingerprint density at radius 1 is 0.923 bits per heavy atom. The monoisotopic (exact) mass is 375 g/mol. The lowest BCUT2D eigenvalue weighted by Crippen LogP contribution is -2.36. The lowest BCUT2D eigenvalue weighted by Gasteiger charge is -2.25. The lowest BCUT2D eigenvalue weighted by molar-refractivity contribution is 0.299. The fourth-order valence-corrected chi connectivity index (χ4v) is 3.83. The summed E-state index contributed by atoms with van der Waals surface area (Å²) in [7, 11) is 4.60. The summed E-state index contributed by atoms with van der Waals surface area (Å²) in [5.74, 6) is 0.0940. The number of aryl methyl sites for hydroxylation is 1. The van der Waals surface area contributed by atoms with Gasteiger partial charge in [-0.1, -0.05) is 42.5 Å². The van der Waals surface area contributed by atoms with Gasteiger partial charge in [-0.25, -0.2) is 13.1 Å². The molecular weight excluding hydrogens is 346 g/mol. The molecule has 2 aromatic rings. The summed E-state index contributed by atoms with van der Waals surface area (Å²) in [6.45, 7) is 0.353. The molecule has 0 aliphatic rings. The van der Waals surface area contributed by atoms with Crippen LogP contribution in [0.15, 0.2) is 54.6 Å². The van der Waals surface area contributed by atoms with E-state index >= 15 is 0 Å². The molecule has 0 bridgehead atoms. The Morgan fingerprint density at radius 2 is 1.54 bits per heavy atom. The first-order valence-electron chi connectivity index (χ1n) is 8.73. The maximum atomic E-state index is 12.4. The number of likely N-dealkylation sites (N-methyl/N-ethyl adjacent to an activating group) is 1. The molecule has 1 N–H and O–H groups in total. The second-order valence-electron chi connectivity index (χ2n) is 6.87. The predicted molar refractivity (Wildman–Crippen MR) is 109 cm³/mol. The summed E-state index contributed by atoms with van der Waals surface area (Å²) in [6, 6.07) is 17.9. The number of hydrogen-bond acceptors (Lipinski definition) is 4. The first-order chi connectivity index (χ1) is 12.3. The van der Waals surface area contributed by atoms with Crippen molar-refractivity contribution in [3.8, 4) is 0 Å². The first-order valence-corrected chi connectivity index (χ1v) is 10.4. The second-order valence-corrected chi connectivity index (χ2v) is 8.79. The van der Waals surface area contributed by atoms with Gasteiger partial charge in [-0.2, -0.15) is 0 Å². The van der Waals surface area contributed by atoms with Gasteiger partial charge in [-0.05, 0) is 43.8 Å². The molecule has 0 unspecified atom stereocenters. The van der Waals surface area contributed by atoms with Crippen LogP contribution in [0, 0.1) is 0 Å². The third-order valence-corrected chi connectivity index (χ3v) is 5.76. The average Bonchev–Trinajstić information content (AvgIpc) is 2.61. The van der Waals surface area contributed by atoms with E-state index in [0.29, 0.717) is 13.0 Å². The Balaban J connectivity index is 1.98. The second kappa shape index (κ2) is 9.16. The molecule has 0 saturated carbocycles. The summed E-state index contributed by atoms with van der Waals surface area (Å²) >= 11 is 0. The molecule has 0 spiro atoms. The molecule has 0 radical (unpaired) electrons. The van der Waals surface area contributed by atoms with Crippen LogP contribution in [0.3, 0.4) is 0 Å². The number of benzene rings is 2. The topological polar surface area (TPSA) is 52.7 Å². The van der Waals surface area contributed by atoms with E-state index in [-0.39, 0.29) is 11.8 Å². The Kier molecular flexibility index (Phi) is 7.20. The van der Waals surface area contributed by atoms with Crippen LogP contribution in [-0.4, -0.2) is 53.8 Å². The van der Waals surface area contributed by atoms with Crippen molar-refractivity contribution >= 4 is 15.7 Å². The van der Waals surface area contributed by atoms with E-state index in [1.165, 1.54) is 0 Å². The van der Waals surface area contributed by atoms with Gasteiger partial charge in [0.05, 0.1) is 5.75 Å². The van der Waals surface area contributed by atoms with Crippen LogP contribution in [0.5, 0.6) is 0 Å². The maximum Gasteiger partial charge on any atom is 0.211 e. The molecule has 0 aromatic heterocycles. The van der Waals surface area contributed by atoms with Gasteiger partial charge in [0.2, 0.25) is 10.0 Å². The lowest BCUT2D eigenvalue weighted by atomic mass is 10.1. The standard InChI is InChI=1S/C20H29N3O2S/c1-22(2)19-12-10-18(11-13-19)20(23(3)4)16-21-26(24,25)15-14-17-8-6-5-7-9-17/h5-13,20-21H,14-16H2,1-4H3/t20-/m1/s1. The number of hydrogen-bond donors (Lipinski definition) is 1. The molecular formula is C20H29N3O2S. The fourth-order valence-electron chi connectivity index (χ4n) is 2.77. The van der Waals surface area contributed by atoms with Crippen molar-refractivity contribution in [1.29, 1.82) is 0 Å². The van der Waals surface area contributed by atoms with Crippen molar-refractivity contribution in [2.75, 3.05) is 45.4 Å². The van der Waals surface area contributed by atoms with Gasteiger partial charge in [-0.15, -0.1) is 0 Å². The Bertz CT molecular complexity index is 772. The number of sulfonamides is 1. The van der Waals surface area contributed by atoms with Crippen molar-refractivity contribution in [3.63, 3.8) is 0 Å².